The van der Waals surface area contributed by atoms with Gasteiger partial charge in [0.1, 0.15) is 0 Å². The van der Waals surface area contributed by atoms with E-state index in [-0.39, 0.29) is 5.91 Å². The Morgan fingerprint density at radius 2 is 1.08 bits per heavy atom. The van der Waals surface area contributed by atoms with Gasteiger partial charge in [0.05, 0.1) is 0 Å². The predicted molar refractivity (Wildman–Crippen MR) is 103 cm³/mol. The van der Waals surface area contributed by atoms with Crippen molar-refractivity contribution in [2.75, 3.05) is 6.54 Å². The quantitative estimate of drug-likeness (QED) is 0.275. The Morgan fingerprint density at radius 3 is 1.44 bits per heavy atom. The molecule has 0 radical (unpaired) electrons. The number of hydrogen-bond acceptors (Lipinski definition) is 3. The second-order valence-corrected chi connectivity index (χ2v) is 7.33. The molecule has 25 heavy (non-hydrogen) atoms. The maximum Gasteiger partial charge on any atom is 0.394 e. The van der Waals surface area contributed by atoms with E-state index in [2.05, 4.69) is 19.2 Å². The highest BCUT2D eigenvalue weighted by Crippen LogP contribution is 2.12. The standard InChI is InChI=1S/C18H37NO.H2O4S/c1-3-5-6-7-8-9-10-11-12-13-14-15-16-18(20)19-17-4-2;1-5(2,3)4/h3-17H2,1-2H3,(H,19,20);(H2,1,2,3,4). The number of carbonyl (C=O) groups is 1. The van der Waals surface area contributed by atoms with Crippen molar-refractivity contribution in [3.63, 3.8) is 0 Å². The molecule has 0 saturated heterocycles. The third kappa shape index (κ3) is 35.4. The Kier molecular flexibility index (Phi) is 20.9. The summed E-state index contributed by atoms with van der Waals surface area (Å²) < 4.78 is 31.6. The summed E-state index contributed by atoms with van der Waals surface area (Å²) in [5.74, 6) is 0.235. The van der Waals surface area contributed by atoms with Crippen molar-refractivity contribution in [1.82, 2.24) is 5.32 Å². The molecule has 0 aliphatic heterocycles. The molecule has 152 valence electrons. The van der Waals surface area contributed by atoms with Gasteiger partial charge in [0.15, 0.2) is 0 Å². The van der Waals surface area contributed by atoms with Crippen molar-refractivity contribution in [1.29, 1.82) is 0 Å². The molecule has 0 heterocycles. The molecule has 0 unspecified atom stereocenters. The monoisotopic (exact) mass is 381 g/mol. The van der Waals surface area contributed by atoms with E-state index < -0.39 is 10.4 Å². The number of rotatable bonds is 15. The lowest BCUT2D eigenvalue weighted by atomic mass is 10.0. The predicted octanol–water partition coefficient (Wildman–Crippen LogP) is 4.95. The third-order valence-electron chi connectivity index (χ3n) is 3.83. The van der Waals surface area contributed by atoms with Crippen LogP contribution < -0.4 is 5.32 Å². The molecule has 0 aliphatic rings. The highest BCUT2D eigenvalue weighted by molar-refractivity contribution is 7.79. The average Bonchev–Trinajstić information content (AvgIpc) is 2.52. The minimum absolute atomic E-state index is 0.235. The maximum absolute atomic E-state index is 11.4. The number of hydrogen-bond donors (Lipinski definition) is 3. The molecule has 3 N–H and O–H groups in total. The van der Waals surface area contributed by atoms with Gasteiger partial charge in [-0.25, -0.2) is 0 Å². The molecule has 0 saturated carbocycles. The molecule has 0 aromatic rings. The van der Waals surface area contributed by atoms with Gasteiger partial charge in [0.2, 0.25) is 5.91 Å². The Morgan fingerprint density at radius 1 is 0.720 bits per heavy atom. The number of nitrogens with one attached hydrogen (secondary N) is 1. The highest BCUT2D eigenvalue weighted by Gasteiger charge is 1.99. The van der Waals surface area contributed by atoms with Crippen LogP contribution in [0.1, 0.15) is 104 Å². The van der Waals surface area contributed by atoms with Crippen molar-refractivity contribution in [2.45, 2.75) is 104 Å². The van der Waals surface area contributed by atoms with Crippen LogP contribution in [0.4, 0.5) is 0 Å². The smallest absolute Gasteiger partial charge is 0.356 e. The second kappa shape index (κ2) is 19.7. The zero-order valence-corrected chi connectivity index (χ0v) is 17.0. The zero-order valence-electron chi connectivity index (χ0n) is 16.1. The van der Waals surface area contributed by atoms with Gasteiger partial charge in [-0.3, -0.25) is 13.9 Å². The van der Waals surface area contributed by atoms with Crippen LogP contribution in [0, 0.1) is 0 Å². The first-order valence-electron chi connectivity index (χ1n) is 9.77. The molecule has 0 aliphatic carbocycles. The van der Waals surface area contributed by atoms with Crippen LogP contribution in [-0.2, 0) is 15.2 Å². The number of amides is 1. The minimum atomic E-state index is -4.67. The molecule has 0 atom stereocenters. The molecule has 1 amide bonds. The van der Waals surface area contributed by atoms with E-state index in [9.17, 15) is 4.79 Å². The Hall–Kier alpha value is -0.660. The van der Waals surface area contributed by atoms with Crippen LogP contribution in [0.5, 0.6) is 0 Å². The number of carbonyl (C=O) groups excluding carboxylic acids is 1. The summed E-state index contributed by atoms with van der Waals surface area (Å²) in [7, 11) is -4.67. The lowest BCUT2D eigenvalue weighted by Gasteiger charge is -2.04. The van der Waals surface area contributed by atoms with E-state index >= 15 is 0 Å². The third-order valence-corrected chi connectivity index (χ3v) is 3.83. The molecule has 7 heteroatoms. The highest BCUT2D eigenvalue weighted by atomic mass is 32.3. The van der Waals surface area contributed by atoms with E-state index in [1.54, 1.807) is 0 Å². The SMILES string of the molecule is CCCCCCCCCCCCCCC(=O)NCCC.O=S(=O)(O)O. The average molecular weight is 382 g/mol. The van der Waals surface area contributed by atoms with Gasteiger partial charge < -0.3 is 5.32 Å². The Labute approximate surface area is 154 Å². The summed E-state index contributed by atoms with van der Waals surface area (Å²) in [6.45, 7) is 5.19. The van der Waals surface area contributed by atoms with Gasteiger partial charge in [-0.1, -0.05) is 84.5 Å². The van der Waals surface area contributed by atoms with Crippen LogP contribution >= 0.6 is 0 Å². The first kappa shape index (κ1) is 26.6. The summed E-state index contributed by atoms with van der Waals surface area (Å²) >= 11 is 0. The van der Waals surface area contributed by atoms with Crippen LogP contribution in [0.25, 0.3) is 0 Å². The zero-order chi connectivity index (χ0) is 19.4. The van der Waals surface area contributed by atoms with Crippen molar-refractivity contribution in [3.05, 3.63) is 0 Å². The largest absolute Gasteiger partial charge is 0.394 e. The van der Waals surface area contributed by atoms with E-state index in [1.165, 1.54) is 70.6 Å². The first-order valence-corrected chi connectivity index (χ1v) is 11.2. The summed E-state index contributed by atoms with van der Waals surface area (Å²) in [5.41, 5.74) is 0. The van der Waals surface area contributed by atoms with Crippen molar-refractivity contribution >= 4 is 16.3 Å². The topological polar surface area (TPSA) is 104 Å². The van der Waals surface area contributed by atoms with Gasteiger partial charge in [0.25, 0.3) is 0 Å². The molecule has 0 rings (SSSR count). The lowest BCUT2D eigenvalue weighted by molar-refractivity contribution is -0.121. The molecule has 6 nitrogen and oxygen atoms in total. The molecule has 0 spiro atoms. The fourth-order valence-electron chi connectivity index (χ4n) is 2.48. The normalized spacial score (nSPS) is 10.9. The molecular formula is C18H39NO5S. The second-order valence-electron chi connectivity index (χ2n) is 6.44. The van der Waals surface area contributed by atoms with Crippen LogP contribution in [-0.4, -0.2) is 30.0 Å². The summed E-state index contributed by atoms with van der Waals surface area (Å²) in [5, 5.41) is 2.93. The fraction of sp³-hybridized carbons (Fsp3) is 0.944. The Balaban J connectivity index is 0. The minimum Gasteiger partial charge on any atom is -0.356 e. The van der Waals surface area contributed by atoms with Crippen molar-refractivity contribution in [3.8, 4) is 0 Å². The van der Waals surface area contributed by atoms with Gasteiger partial charge in [-0.05, 0) is 12.8 Å². The molecule has 0 bridgehead atoms. The molecule has 0 fully saturated rings. The van der Waals surface area contributed by atoms with Crippen molar-refractivity contribution < 1.29 is 22.3 Å². The maximum atomic E-state index is 11.4. The van der Waals surface area contributed by atoms with Crippen LogP contribution in [0.2, 0.25) is 0 Å². The summed E-state index contributed by atoms with van der Waals surface area (Å²) in [4.78, 5) is 11.4. The van der Waals surface area contributed by atoms with E-state index in [0.717, 1.165) is 25.8 Å². The van der Waals surface area contributed by atoms with Gasteiger partial charge >= 0.3 is 10.4 Å². The van der Waals surface area contributed by atoms with E-state index in [0.29, 0.717) is 0 Å². The van der Waals surface area contributed by atoms with Gasteiger partial charge in [0, 0.05) is 13.0 Å². The lowest BCUT2D eigenvalue weighted by Crippen LogP contribution is -2.23. The van der Waals surface area contributed by atoms with E-state index in [4.69, 9.17) is 17.5 Å². The Bertz CT molecular complexity index is 377. The molecule has 0 aromatic heterocycles. The van der Waals surface area contributed by atoms with Gasteiger partial charge in [-0.2, -0.15) is 8.42 Å². The fourth-order valence-corrected chi connectivity index (χ4v) is 2.48. The molecule has 0 aromatic carbocycles. The van der Waals surface area contributed by atoms with E-state index in [1.807, 2.05) is 0 Å². The molecular weight excluding hydrogens is 342 g/mol. The summed E-state index contributed by atoms with van der Waals surface area (Å²) in [6.07, 6.45) is 17.9. The summed E-state index contributed by atoms with van der Waals surface area (Å²) in [6, 6.07) is 0. The van der Waals surface area contributed by atoms with Gasteiger partial charge in [-0.15, -0.1) is 0 Å². The first-order chi connectivity index (χ1) is 11.8. The number of unbranched alkanes of at least 4 members (excludes halogenated alkanes) is 11. The van der Waals surface area contributed by atoms with Crippen LogP contribution in [0.3, 0.4) is 0 Å². The van der Waals surface area contributed by atoms with Crippen molar-refractivity contribution in [2.24, 2.45) is 0 Å². The van der Waals surface area contributed by atoms with Crippen LogP contribution in [0.15, 0.2) is 0 Å².